The van der Waals surface area contributed by atoms with Gasteiger partial charge in [-0.2, -0.15) is 0 Å². The molecule has 0 atom stereocenters. The molecule has 10 heteroatoms. The summed E-state index contributed by atoms with van der Waals surface area (Å²) in [7, 11) is 0. The number of imide groups is 1. The highest BCUT2D eigenvalue weighted by Gasteiger charge is 2.36. The summed E-state index contributed by atoms with van der Waals surface area (Å²) in [6.45, 7) is -3.26. The van der Waals surface area contributed by atoms with Crippen LogP contribution >= 0.6 is 0 Å². The number of aliphatic hydroxyl groups excluding tert-OH is 5. The van der Waals surface area contributed by atoms with Crippen LogP contribution in [0.2, 0.25) is 0 Å². The molecule has 0 unspecified atom stereocenters. The summed E-state index contributed by atoms with van der Waals surface area (Å²) in [5.74, 6) is -0.335. The van der Waals surface area contributed by atoms with Crippen molar-refractivity contribution in [1.82, 2.24) is 4.90 Å². The first-order valence-corrected chi connectivity index (χ1v) is 8.00. The molecule has 0 radical (unpaired) electrons. The number of aliphatic hydroxyl groups is 5. The molecule has 0 spiro atoms. The average Bonchev–Trinajstić information content (AvgIpc) is 3.08. The molecule has 0 saturated carbocycles. The van der Waals surface area contributed by atoms with Crippen LogP contribution < -0.4 is 0 Å². The highest BCUT2D eigenvalue weighted by atomic mass is 16.6. The molecular formula is C15H27NO9. The minimum Gasteiger partial charge on any atom is -0.448 e. The number of nitrogens with zero attached hydrogens (tertiary/aromatic N) is 1. The third kappa shape index (κ3) is 5.59. The number of rotatable bonds is 11. The molecule has 1 saturated heterocycles. The Labute approximate surface area is 145 Å². The zero-order valence-electron chi connectivity index (χ0n) is 14.1. The molecule has 0 bridgehead atoms. The van der Waals surface area contributed by atoms with Crippen molar-refractivity contribution in [2.45, 2.75) is 12.8 Å². The van der Waals surface area contributed by atoms with Gasteiger partial charge < -0.3 is 35.0 Å². The van der Waals surface area contributed by atoms with Crippen molar-refractivity contribution < 1.29 is 44.6 Å². The number of carbonyl (C=O) groups is 2. The lowest BCUT2D eigenvalue weighted by Crippen LogP contribution is -2.45. The van der Waals surface area contributed by atoms with Crippen LogP contribution in [0.5, 0.6) is 0 Å². The number of amides is 2. The van der Waals surface area contributed by atoms with Crippen LogP contribution in [0, 0.1) is 10.8 Å². The van der Waals surface area contributed by atoms with E-state index in [4.69, 9.17) is 9.47 Å². The van der Waals surface area contributed by atoms with E-state index < -0.39 is 50.0 Å². The smallest absolute Gasteiger partial charge is 0.416 e. The fourth-order valence-corrected chi connectivity index (χ4v) is 2.18. The normalized spacial score (nSPS) is 15.7. The number of carbonyl (C=O) groups excluding carboxylic acids is 2. The zero-order chi connectivity index (χ0) is 18.9. The third-order valence-corrected chi connectivity index (χ3v) is 4.29. The molecular weight excluding hydrogens is 338 g/mol. The topological polar surface area (TPSA) is 157 Å². The number of ether oxygens (including phenoxy) is 2. The van der Waals surface area contributed by atoms with Crippen LogP contribution in [0.15, 0.2) is 0 Å². The number of hydrogen-bond acceptors (Lipinski definition) is 9. The summed E-state index contributed by atoms with van der Waals surface area (Å²) < 4.78 is 10.3. The van der Waals surface area contributed by atoms with E-state index in [1.807, 2.05) is 0 Å². The molecule has 10 nitrogen and oxygen atoms in total. The standard InChI is InChI=1S/C15H27NO9/c17-4-14(5-18,6-19)9-24-10-15(7-20,8-21)11-25-13(23)16-3-1-2-12(16)22/h17-21H,1-11H2. The van der Waals surface area contributed by atoms with Crippen molar-refractivity contribution in [2.75, 3.05) is 59.4 Å². The molecule has 5 N–H and O–H groups in total. The fraction of sp³-hybridized carbons (Fsp3) is 0.867. The summed E-state index contributed by atoms with van der Waals surface area (Å²) >= 11 is 0. The zero-order valence-corrected chi connectivity index (χ0v) is 14.1. The highest BCUT2D eigenvalue weighted by Crippen LogP contribution is 2.22. The quantitative estimate of drug-likeness (QED) is 0.271. The molecule has 25 heavy (non-hydrogen) atoms. The van der Waals surface area contributed by atoms with Crippen molar-refractivity contribution >= 4 is 12.0 Å². The molecule has 1 aliphatic heterocycles. The summed E-state index contributed by atoms with van der Waals surface area (Å²) in [5, 5.41) is 46.8. The molecule has 146 valence electrons. The number of likely N-dealkylation sites (tertiary alicyclic amines) is 1. The molecule has 0 aromatic rings. The van der Waals surface area contributed by atoms with Crippen LogP contribution in [-0.4, -0.2) is 102 Å². The summed E-state index contributed by atoms with van der Waals surface area (Å²) in [4.78, 5) is 24.3. The predicted octanol–water partition coefficient (Wildman–Crippen LogP) is -2.30. The van der Waals surface area contributed by atoms with Crippen LogP contribution in [0.4, 0.5) is 4.79 Å². The second-order valence-electron chi connectivity index (χ2n) is 6.49. The lowest BCUT2D eigenvalue weighted by molar-refractivity contribution is -0.127. The minimum absolute atomic E-state index is 0.225. The van der Waals surface area contributed by atoms with E-state index in [1.54, 1.807) is 0 Å². The first kappa shape index (κ1) is 21.7. The van der Waals surface area contributed by atoms with E-state index in [0.717, 1.165) is 4.90 Å². The van der Waals surface area contributed by atoms with Gasteiger partial charge in [0.05, 0.1) is 57.1 Å². The van der Waals surface area contributed by atoms with Crippen molar-refractivity contribution in [2.24, 2.45) is 10.8 Å². The molecule has 0 aromatic heterocycles. The largest absolute Gasteiger partial charge is 0.448 e. The van der Waals surface area contributed by atoms with Crippen LogP contribution in [0.3, 0.4) is 0 Å². The molecule has 1 aliphatic rings. The van der Waals surface area contributed by atoms with E-state index in [0.29, 0.717) is 6.42 Å². The second kappa shape index (κ2) is 10.00. The fourth-order valence-electron chi connectivity index (χ4n) is 2.18. The van der Waals surface area contributed by atoms with Crippen LogP contribution in [-0.2, 0) is 14.3 Å². The van der Waals surface area contributed by atoms with E-state index in [2.05, 4.69) is 0 Å². The Balaban J connectivity index is 2.58. The van der Waals surface area contributed by atoms with Crippen molar-refractivity contribution in [3.05, 3.63) is 0 Å². The average molecular weight is 365 g/mol. The van der Waals surface area contributed by atoms with Gasteiger partial charge in [-0.05, 0) is 6.42 Å². The van der Waals surface area contributed by atoms with E-state index in [9.17, 15) is 35.1 Å². The van der Waals surface area contributed by atoms with Gasteiger partial charge in [0.1, 0.15) is 6.61 Å². The summed E-state index contributed by atoms with van der Waals surface area (Å²) in [6.07, 6.45) is -0.00736. The van der Waals surface area contributed by atoms with Gasteiger partial charge in [0.15, 0.2) is 0 Å². The van der Waals surface area contributed by atoms with Crippen molar-refractivity contribution in [3.8, 4) is 0 Å². The van der Waals surface area contributed by atoms with Gasteiger partial charge >= 0.3 is 6.09 Å². The maximum Gasteiger partial charge on any atom is 0.416 e. The Bertz CT molecular complexity index is 426. The van der Waals surface area contributed by atoms with Gasteiger partial charge in [-0.1, -0.05) is 0 Å². The minimum atomic E-state index is -1.31. The molecule has 0 aliphatic carbocycles. The predicted molar refractivity (Wildman–Crippen MR) is 83.4 cm³/mol. The number of hydrogen-bond donors (Lipinski definition) is 5. The lowest BCUT2D eigenvalue weighted by Gasteiger charge is -2.32. The van der Waals surface area contributed by atoms with Gasteiger partial charge in [-0.15, -0.1) is 0 Å². The monoisotopic (exact) mass is 365 g/mol. The first-order chi connectivity index (χ1) is 11.9. The van der Waals surface area contributed by atoms with Gasteiger partial charge in [0.2, 0.25) is 5.91 Å². The second-order valence-corrected chi connectivity index (χ2v) is 6.49. The Morgan fingerprint density at radius 3 is 1.88 bits per heavy atom. The van der Waals surface area contributed by atoms with Crippen molar-refractivity contribution in [1.29, 1.82) is 0 Å². The molecule has 0 aromatic carbocycles. The summed E-state index contributed by atoms with van der Waals surface area (Å²) in [6, 6.07) is 0. The van der Waals surface area contributed by atoms with Gasteiger partial charge in [-0.3, -0.25) is 4.79 Å². The van der Waals surface area contributed by atoms with E-state index in [-0.39, 0.29) is 38.7 Å². The van der Waals surface area contributed by atoms with Crippen LogP contribution in [0.25, 0.3) is 0 Å². The van der Waals surface area contributed by atoms with Gasteiger partial charge in [0, 0.05) is 13.0 Å². The molecule has 2 amide bonds. The summed E-state index contributed by atoms with van der Waals surface area (Å²) in [5.41, 5.74) is -2.57. The highest BCUT2D eigenvalue weighted by molar-refractivity contribution is 5.93. The van der Waals surface area contributed by atoms with Crippen LogP contribution in [0.1, 0.15) is 12.8 Å². The molecule has 1 rings (SSSR count). The van der Waals surface area contributed by atoms with E-state index in [1.165, 1.54) is 0 Å². The first-order valence-electron chi connectivity index (χ1n) is 8.00. The van der Waals surface area contributed by atoms with Gasteiger partial charge in [-0.25, -0.2) is 9.69 Å². The Hall–Kier alpha value is -1.30. The maximum atomic E-state index is 11.9. The molecule has 1 heterocycles. The van der Waals surface area contributed by atoms with Gasteiger partial charge in [0.25, 0.3) is 0 Å². The Kier molecular flexibility index (Phi) is 8.69. The SMILES string of the molecule is O=C1CCCN1C(=O)OCC(CO)(CO)COCC(CO)(CO)CO. The van der Waals surface area contributed by atoms with Crippen molar-refractivity contribution in [3.63, 3.8) is 0 Å². The Morgan fingerprint density at radius 2 is 1.44 bits per heavy atom. The maximum absolute atomic E-state index is 11.9. The lowest BCUT2D eigenvalue weighted by atomic mass is 9.90. The van der Waals surface area contributed by atoms with E-state index >= 15 is 0 Å². The third-order valence-electron chi connectivity index (χ3n) is 4.29. The Morgan fingerprint density at radius 1 is 0.920 bits per heavy atom. The molecule has 1 fully saturated rings.